The standard InChI is InChI=1S/C23H29N3O3/c1-16-3-2-14-26(16,23(28)29)22(27)15-17-4-6-18(7-5-17)19-8-10-20(11-9-19)21-12-13-24-25-21/h8-13,16-18H,2-7,14-15H2,1H3,(H-,24,25,28,29)/p+1/t16-,17?,18?,26-/m1/s1. The number of nitrogens with one attached hydrogen (secondary N) is 1. The second kappa shape index (κ2) is 8.11. The van der Waals surface area contributed by atoms with E-state index in [1.54, 1.807) is 6.20 Å². The second-order valence-electron chi connectivity index (χ2n) is 8.77. The topological polar surface area (TPSA) is 83.0 Å². The van der Waals surface area contributed by atoms with E-state index in [4.69, 9.17) is 0 Å². The molecule has 6 heteroatoms. The molecule has 1 aromatic heterocycles. The molecule has 1 aliphatic heterocycles. The van der Waals surface area contributed by atoms with Gasteiger partial charge in [0.25, 0.3) is 0 Å². The molecule has 0 bridgehead atoms. The van der Waals surface area contributed by atoms with Crippen molar-refractivity contribution >= 4 is 12.0 Å². The lowest BCUT2D eigenvalue weighted by atomic mass is 9.77. The van der Waals surface area contributed by atoms with Gasteiger partial charge in [0.05, 0.1) is 18.7 Å². The van der Waals surface area contributed by atoms with Gasteiger partial charge in [0, 0.05) is 19.0 Å². The maximum atomic E-state index is 13.0. The Balaban J connectivity index is 1.35. The molecular weight excluding hydrogens is 366 g/mol. The molecule has 0 radical (unpaired) electrons. The molecule has 2 atom stereocenters. The molecule has 0 spiro atoms. The van der Waals surface area contributed by atoms with Crippen LogP contribution in [0.15, 0.2) is 36.5 Å². The van der Waals surface area contributed by atoms with Crippen LogP contribution in [-0.4, -0.2) is 44.4 Å². The van der Waals surface area contributed by atoms with Gasteiger partial charge in [-0.3, -0.25) is 5.10 Å². The molecule has 29 heavy (non-hydrogen) atoms. The number of hydrogen-bond acceptors (Lipinski definition) is 3. The van der Waals surface area contributed by atoms with Gasteiger partial charge in [-0.1, -0.05) is 24.3 Å². The predicted octanol–water partition coefficient (Wildman–Crippen LogP) is 4.94. The number of benzene rings is 1. The van der Waals surface area contributed by atoms with Gasteiger partial charge in [0.15, 0.2) is 0 Å². The largest absolute Gasteiger partial charge is 0.521 e. The summed E-state index contributed by atoms with van der Waals surface area (Å²) in [6, 6.07) is 10.5. The van der Waals surface area contributed by atoms with E-state index in [2.05, 4.69) is 34.5 Å². The molecule has 1 aromatic carbocycles. The Morgan fingerprint density at radius 2 is 1.83 bits per heavy atom. The molecule has 2 N–H and O–H groups in total. The number of imide groups is 1. The normalized spacial score (nSPS) is 29.6. The average Bonchev–Trinajstić information content (AvgIpc) is 3.39. The number of rotatable bonds is 4. The first kappa shape index (κ1) is 19.8. The molecule has 1 saturated heterocycles. The zero-order valence-corrected chi connectivity index (χ0v) is 17.0. The van der Waals surface area contributed by atoms with Crippen LogP contribution >= 0.6 is 0 Å². The van der Waals surface area contributed by atoms with Crippen molar-refractivity contribution in [3.63, 3.8) is 0 Å². The highest BCUT2D eigenvalue weighted by atomic mass is 16.4. The molecule has 6 nitrogen and oxygen atoms in total. The monoisotopic (exact) mass is 396 g/mol. The van der Waals surface area contributed by atoms with Crippen LogP contribution < -0.4 is 0 Å². The average molecular weight is 397 g/mol. The summed E-state index contributed by atoms with van der Waals surface area (Å²) in [5, 5.41) is 16.8. The summed E-state index contributed by atoms with van der Waals surface area (Å²) in [4.78, 5) is 24.9. The summed E-state index contributed by atoms with van der Waals surface area (Å²) in [6.45, 7) is 2.36. The highest BCUT2D eigenvalue weighted by Crippen LogP contribution is 2.39. The number of carboxylic acid groups (broad SMARTS) is 1. The molecule has 154 valence electrons. The molecule has 0 unspecified atom stereocenters. The van der Waals surface area contributed by atoms with Gasteiger partial charge < -0.3 is 5.11 Å². The van der Waals surface area contributed by atoms with Gasteiger partial charge in [-0.2, -0.15) is 14.4 Å². The number of amides is 2. The van der Waals surface area contributed by atoms with Crippen LogP contribution in [-0.2, 0) is 4.79 Å². The number of likely N-dealkylation sites (tertiary alicyclic amines) is 1. The van der Waals surface area contributed by atoms with E-state index in [9.17, 15) is 14.7 Å². The minimum absolute atomic E-state index is 0.0881. The Morgan fingerprint density at radius 1 is 1.10 bits per heavy atom. The van der Waals surface area contributed by atoms with Crippen molar-refractivity contribution < 1.29 is 19.2 Å². The van der Waals surface area contributed by atoms with Crippen LogP contribution in [0.3, 0.4) is 0 Å². The number of nitrogens with zero attached hydrogens (tertiary/aromatic N) is 2. The molecule has 2 aliphatic rings. The smallest absolute Gasteiger partial charge is 0.435 e. The van der Waals surface area contributed by atoms with Crippen LogP contribution in [0.4, 0.5) is 4.79 Å². The van der Waals surface area contributed by atoms with Crippen molar-refractivity contribution in [1.29, 1.82) is 0 Å². The van der Waals surface area contributed by atoms with Crippen molar-refractivity contribution in [3.8, 4) is 11.3 Å². The number of aromatic nitrogens is 2. The summed E-state index contributed by atoms with van der Waals surface area (Å²) in [7, 11) is 0. The minimum atomic E-state index is -0.967. The number of carbonyl (C=O) groups is 2. The number of carbonyl (C=O) groups excluding carboxylic acids is 1. The van der Waals surface area contributed by atoms with E-state index in [0.717, 1.165) is 49.8 Å². The summed E-state index contributed by atoms with van der Waals surface area (Å²) in [6.07, 6.45) is 6.94. The Morgan fingerprint density at radius 3 is 2.38 bits per heavy atom. The fourth-order valence-corrected chi connectivity index (χ4v) is 5.30. The van der Waals surface area contributed by atoms with Crippen molar-refractivity contribution in [2.45, 2.75) is 63.8 Å². The van der Waals surface area contributed by atoms with E-state index in [0.29, 0.717) is 24.8 Å². The third kappa shape index (κ3) is 3.73. The van der Waals surface area contributed by atoms with Crippen LogP contribution in [0.25, 0.3) is 11.3 Å². The second-order valence-corrected chi connectivity index (χ2v) is 8.77. The molecule has 4 rings (SSSR count). The van der Waals surface area contributed by atoms with Gasteiger partial charge >= 0.3 is 12.0 Å². The summed E-state index contributed by atoms with van der Waals surface area (Å²) in [5.41, 5.74) is 3.50. The molecular formula is C23H30N3O3+. The lowest BCUT2D eigenvalue weighted by Crippen LogP contribution is -2.58. The van der Waals surface area contributed by atoms with Gasteiger partial charge in [-0.15, -0.1) is 0 Å². The SMILES string of the molecule is C[C@@H]1CCC[N@+]1(C(=O)O)C(=O)CC1CCC(c2ccc(-c3ccn[nH]3)cc2)CC1. The first-order valence-electron chi connectivity index (χ1n) is 10.7. The molecule has 1 aliphatic carbocycles. The summed E-state index contributed by atoms with van der Waals surface area (Å²) in [5.74, 6) is 0.741. The minimum Gasteiger partial charge on any atom is -0.435 e. The van der Waals surface area contributed by atoms with Gasteiger partial charge in [0.2, 0.25) is 0 Å². The third-order valence-electron chi connectivity index (χ3n) is 7.18. The number of hydrogen-bond donors (Lipinski definition) is 2. The van der Waals surface area contributed by atoms with Crippen molar-refractivity contribution in [1.82, 2.24) is 10.2 Å². The summed E-state index contributed by atoms with van der Waals surface area (Å²) >= 11 is 0. The zero-order chi connectivity index (χ0) is 20.4. The molecule has 2 heterocycles. The first-order valence-corrected chi connectivity index (χ1v) is 10.7. The van der Waals surface area contributed by atoms with E-state index in [1.165, 1.54) is 5.56 Å². The van der Waals surface area contributed by atoms with E-state index in [-0.39, 0.29) is 16.4 Å². The Bertz CT molecular complexity index is 854. The van der Waals surface area contributed by atoms with Crippen LogP contribution in [0, 0.1) is 5.92 Å². The fourth-order valence-electron chi connectivity index (χ4n) is 5.30. The third-order valence-corrected chi connectivity index (χ3v) is 7.18. The fraction of sp³-hybridized carbons (Fsp3) is 0.522. The highest BCUT2D eigenvalue weighted by Gasteiger charge is 2.52. The van der Waals surface area contributed by atoms with Crippen LogP contribution in [0.1, 0.15) is 63.4 Å². The first-order chi connectivity index (χ1) is 14.0. The number of aromatic amines is 1. The number of quaternary nitrogens is 1. The van der Waals surface area contributed by atoms with Crippen LogP contribution in [0.5, 0.6) is 0 Å². The lowest BCUT2D eigenvalue weighted by Gasteiger charge is -2.33. The summed E-state index contributed by atoms with van der Waals surface area (Å²) < 4.78 is -0.352. The van der Waals surface area contributed by atoms with Gasteiger partial charge in [0.1, 0.15) is 6.04 Å². The Hall–Kier alpha value is -2.47. The van der Waals surface area contributed by atoms with Gasteiger partial charge in [-0.05, 0) is 61.6 Å². The maximum absolute atomic E-state index is 13.0. The van der Waals surface area contributed by atoms with E-state index < -0.39 is 6.09 Å². The zero-order valence-electron chi connectivity index (χ0n) is 17.0. The van der Waals surface area contributed by atoms with Gasteiger partial charge in [-0.25, -0.2) is 4.79 Å². The maximum Gasteiger partial charge on any atom is 0.521 e. The predicted molar refractivity (Wildman–Crippen MR) is 110 cm³/mol. The molecule has 1 saturated carbocycles. The molecule has 2 fully saturated rings. The lowest BCUT2D eigenvalue weighted by molar-refractivity contribution is -0.792. The van der Waals surface area contributed by atoms with E-state index in [1.807, 2.05) is 13.0 Å². The molecule has 2 amide bonds. The Labute approximate surface area is 171 Å². The Kier molecular flexibility index (Phi) is 5.54. The van der Waals surface area contributed by atoms with Crippen molar-refractivity contribution in [3.05, 3.63) is 42.1 Å². The van der Waals surface area contributed by atoms with Crippen molar-refractivity contribution in [2.24, 2.45) is 5.92 Å². The molecule has 2 aromatic rings. The van der Waals surface area contributed by atoms with E-state index >= 15 is 0 Å². The quantitative estimate of drug-likeness (QED) is 0.717. The van der Waals surface area contributed by atoms with Crippen LogP contribution in [0.2, 0.25) is 0 Å². The highest BCUT2D eigenvalue weighted by molar-refractivity contribution is 5.81. The van der Waals surface area contributed by atoms with Crippen molar-refractivity contribution in [2.75, 3.05) is 6.54 Å². The number of H-pyrrole nitrogens is 1.